The van der Waals surface area contributed by atoms with Gasteiger partial charge in [-0.25, -0.2) is 0 Å². The Morgan fingerprint density at radius 1 is 0.272 bits per heavy atom. The average Bonchev–Trinajstić information content (AvgIpc) is 0.807. The van der Waals surface area contributed by atoms with Crippen molar-refractivity contribution in [2.45, 2.75) is 338 Å². The molecule has 0 aliphatic carbocycles. The van der Waals surface area contributed by atoms with Crippen LogP contribution < -0.4 is 0 Å². The van der Waals surface area contributed by atoms with Gasteiger partial charge in [0.15, 0.2) is 0 Å². The number of nitrogens with zero attached hydrogens (tertiary/aromatic N) is 6. The van der Waals surface area contributed by atoms with Crippen LogP contribution in [0.25, 0.3) is 21.3 Å². The molecule has 0 aromatic rings. The van der Waals surface area contributed by atoms with E-state index in [1.165, 1.54) is 64.1 Å². The molecule has 0 aromatic carbocycles. The van der Waals surface area contributed by atoms with Crippen molar-refractivity contribution in [1.29, 1.82) is 10.8 Å². The number of hydrogen-bond acceptors (Lipinski definition) is 10. The smallest absolute Gasteiger partial charge is 0.656 e. The molecule has 114 heavy (non-hydrogen) atoms. The van der Waals surface area contributed by atoms with Crippen LogP contribution in [-0.2, 0) is 107 Å². The summed E-state index contributed by atoms with van der Waals surface area (Å²) in [6, 6.07) is 0. The molecule has 4 rings (SSSR count). The van der Waals surface area contributed by atoms with Gasteiger partial charge in [0.2, 0.25) is 0 Å². The predicted octanol–water partition coefficient (Wildman–Crippen LogP) is 26.3. The van der Waals surface area contributed by atoms with Crippen LogP contribution in [0.2, 0.25) is 0 Å². The van der Waals surface area contributed by atoms with Crippen LogP contribution in [0.3, 0.4) is 0 Å². The topological polar surface area (TPSA) is 241 Å². The third kappa shape index (κ3) is 65.1. The Morgan fingerprint density at radius 2 is 0.430 bits per heavy atom. The molecule has 650 valence electrons. The Labute approximate surface area is 754 Å². The first-order valence-electron chi connectivity index (χ1n) is 38.3. The van der Waals surface area contributed by atoms with Gasteiger partial charge >= 0.3 is 68.3 Å². The van der Waals surface area contributed by atoms with Crippen molar-refractivity contribution in [2.75, 3.05) is 24.6 Å². The van der Waals surface area contributed by atoms with Crippen LogP contribution >= 0.6 is 63.4 Å². The van der Waals surface area contributed by atoms with Crippen molar-refractivity contribution in [1.82, 2.24) is 0 Å². The van der Waals surface area contributed by atoms with Crippen LogP contribution in [0, 0.1) is 10.8 Å². The third-order valence-electron chi connectivity index (χ3n) is 17.9. The molecule has 0 amide bonds. The summed E-state index contributed by atoms with van der Waals surface area (Å²) in [6.07, 6.45) is 31.3. The predicted molar refractivity (Wildman–Crippen MR) is 519 cm³/mol. The summed E-state index contributed by atoms with van der Waals surface area (Å²) in [5.41, 5.74) is 19.5. The summed E-state index contributed by atoms with van der Waals surface area (Å²) >= 11 is 0. The maximum Gasteiger partial charge on any atom is 3.00 e. The van der Waals surface area contributed by atoms with Crippen LogP contribution in [0.4, 0.5) is 0 Å². The van der Waals surface area contributed by atoms with Crippen LogP contribution in [0.1, 0.15) is 249 Å². The van der Waals surface area contributed by atoms with Gasteiger partial charge < -0.3 is 59.6 Å². The molecule has 4 aliphatic heterocycles. The maximum atomic E-state index is 7.75. The van der Waals surface area contributed by atoms with E-state index in [4.69, 9.17) is 70.4 Å². The molecule has 0 radical (unpaired) electrons. The zero-order chi connectivity index (χ0) is 89.1. The Hall–Kier alpha value is -1.62. The summed E-state index contributed by atoms with van der Waals surface area (Å²) in [5.74, 6) is 9.97. The van der Waals surface area contributed by atoms with E-state index < -0.39 is 39.6 Å². The van der Waals surface area contributed by atoms with E-state index in [9.17, 15) is 0 Å². The fraction of sp³-hybridized carbons (Fsp3) is 0.636. The average molecular weight is 1900 g/mol. The molecule has 0 spiro atoms. The Morgan fingerprint density at radius 3 is 0.570 bits per heavy atom. The fourth-order valence-corrected chi connectivity index (χ4v) is 36.9. The van der Waals surface area contributed by atoms with Gasteiger partial charge in [-0.05, 0) is 249 Å². The molecule has 14 nitrogen and oxygen atoms in total. The van der Waals surface area contributed by atoms with E-state index >= 15 is 0 Å². The second kappa shape index (κ2) is 79.8. The molecule has 0 saturated carbocycles. The van der Waals surface area contributed by atoms with Crippen molar-refractivity contribution < 1.29 is 107 Å². The van der Waals surface area contributed by atoms with Gasteiger partial charge in [-0.1, -0.05) is 72.9 Å². The largest absolute Gasteiger partial charge is 3.00 e. The van der Waals surface area contributed by atoms with E-state index in [-0.39, 0.29) is 92.0 Å². The second-order valence-electron chi connectivity index (χ2n) is 34.5. The first kappa shape index (κ1) is 141. The van der Waals surface area contributed by atoms with Gasteiger partial charge in [0.05, 0.1) is 113 Å². The number of allylic oxidation sites excluding steroid dienone is 16. The molecular formula is C88H160Mn4N6O8P8+8. The van der Waals surface area contributed by atoms with Gasteiger partial charge in [0.25, 0.3) is 0 Å². The van der Waals surface area contributed by atoms with E-state index in [1.807, 2.05) is 0 Å². The summed E-state index contributed by atoms with van der Waals surface area (Å²) in [5, 5.41) is 33.4. The molecule has 0 atom stereocenters. The molecule has 0 fully saturated rings. The fourth-order valence-electron chi connectivity index (χ4n) is 13.6. The van der Waals surface area contributed by atoms with Gasteiger partial charge in [-0.3, -0.25) is 54.3 Å². The summed E-state index contributed by atoms with van der Waals surface area (Å²) in [6.45, 7) is 112. The van der Waals surface area contributed by atoms with E-state index in [2.05, 4.69) is 400 Å². The van der Waals surface area contributed by atoms with Crippen molar-refractivity contribution in [2.24, 2.45) is 0 Å². The molecule has 4 aliphatic rings. The monoisotopic (exact) mass is 1900 g/mol. The summed E-state index contributed by atoms with van der Waals surface area (Å²) < 4.78 is 0. The van der Waals surface area contributed by atoms with Crippen LogP contribution in [-0.4, -0.2) is 167 Å². The zero-order valence-corrected chi connectivity index (χ0v) is 89.8. The van der Waals surface area contributed by atoms with Gasteiger partial charge in [-0.2, -0.15) is 0 Å². The Balaban J connectivity index is -0.000000100. The summed E-state index contributed by atoms with van der Waals surface area (Å²) in [4.78, 5) is 62.0. The molecule has 0 N–H and O–H groups in total. The van der Waals surface area contributed by atoms with Crippen molar-refractivity contribution in [3.05, 3.63) is 163 Å². The van der Waals surface area contributed by atoms with Crippen molar-refractivity contribution in [3.8, 4) is 0 Å². The van der Waals surface area contributed by atoms with Crippen molar-refractivity contribution in [3.63, 3.8) is 0 Å². The standard InChI is InChI=1S/C23H42NP2.3C19H34NP2.8CHO.4Mn.N2/c1-20(2,3)25(21(4,5)6)16-18-14-13-15-19(24-18)17-26(22(7,8)9)23(10,11)12;3*1-14(2)21(15(3)4)12-18-10-9-11-19(20-18)13-22(16(5)6)17(7)8;8*1-2;;;;;1-2/h13-16H,17H2,1-12H3;3*9-12,14-17H,13H2,1-8H3;8*1H;;;;;/q12*-1;4*+3;/p+8. The maximum absolute atomic E-state index is 7.75. The quantitative estimate of drug-likeness (QED) is 0.0291. The van der Waals surface area contributed by atoms with Gasteiger partial charge in [-0.15, -0.1) is 45.6 Å². The molecule has 4 heterocycles. The van der Waals surface area contributed by atoms with Gasteiger partial charge in [0.1, 0.15) is 0 Å². The molecule has 0 saturated heterocycles. The van der Waals surface area contributed by atoms with E-state index in [1.54, 1.807) is 0 Å². The minimum Gasteiger partial charge on any atom is -0.656 e. The van der Waals surface area contributed by atoms with Gasteiger partial charge in [0, 0.05) is 97.4 Å². The first-order valence-corrected chi connectivity index (χ1v) is 52.4. The van der Waals surface area contributed by atoms with E-state index in [0.29, 0.717) is 20.6 Å². The summed E-state index contributed by atoms with van der Waals surface area (Å²) in [7, 11) is -3.89. The minimum absolute atomic E-state index is 0. The number of rotatable bonds is 24. The Kier molecular flexibility index (Phi) is 98.8. The number of carbonyl (C=O) groups excluding carboxylic acids is 8. The van der Waals surface area contributed by atoms with Crippen LogP contribution in [0.5, 0.6) is 0 Å². The van der Waals surface area contributed by atoms with Crippen LogP contribution in [0.15, 0.2) is 142 Å². The normalized spacial score (nSPS) is 14.7. The molecule has 0 bridgehead atoms. The molecule has 0 aromatic heterocycles. The first-order chi connectivity index (χ1) is 51.1. The van der Waals surface area contributed by atoms with Crippen molar-refractivity contribution >= 4 is 118 Å². The second-order valence-corrected chi connectivity index (χ2v) is 65.1. The molecular weight excluding hydrogens is 1740 g/mol. The molecule has 0 unspecified atom stereocenters. The zero-order valence-electron chi connectivity index (χ0n) is 77.1. The minimum atomic E-state index is -0.708. The molecule has 26 heteroatoms. The third-order valence-corrected chi connectivity index (χ3v) is 47.2. The SMILES string of the molecule is CC(C)(C)[PH+](C=C1C=CC=C(C[PH+](C(C)(C)C)C(C)(C)C)[N-]1)C(C)(C)C.CC(C)[PH+](C=C1C=CC=C(C[PH+](C(C)C)C(C)C)[N-]1)C(C)C.CC(C)[PH+](C=C1C=CC=C(C[PH+](C(C)C)C(C)C)[N-]1)C(C)C.CC(C)[PH+](C=C1C=CC=C(C[PH+](C(C)C)C(C)C)[N-]1)C(C)C.N#N.[CH-]=O.[CH-]=O.[CH-]=O.[CH-]=O.[CH-]=O.[CH-]=O.[CH-]=O.[CH-]=O.[Mn+3].[Mn+3].[Mn+3].[Mn+3]. The Bertz CT molecular complexity index is 2540. The number of hydrogen-bond donors (Lipinski definition) is 0. The van der Waals surface area contributed by atoms with E-state index in [0.717, 1.165) is 74.1 Å².